The summed E-state index contributed by atoms with van der Waals surface area (Å²) in [5.41, 5.74) is 4.07. The van der Waals surface area contributed by atoms with Gasteiger partial charge in [0.2, 0.25) is 11.8 Å². The number of carbonyl (C=O) groups is 4. The van der Waals surface area contributed by atoms with Gasteiger partial charge < -0.3 is 30.3 Å². The summed E-state index contributed by atoms with van der Waals surface area (Å²) in [6.45, 7) is 10.4. The van der Waals surface area contributed by atoms with Crippen LogP contribution in [0.2, 0.25) is 0 Å². The first-order chi connectivity index (χ1) is 14.7. The lowest BCUT2D eigenvalue weighted by atomic mass is 10.2. The molecule has 0 radical (unpaired) electrons. The summed E-state index contributed by atoms with van der Waals surface area (Å²) in [5, 5.41) is 10.7. The Labute approximate surface area is 187 Å². The fourth-order valence-corrected chi connectivity index (χ4v) is 2.37. The molecular weight excluding hydrogens is 424 g/mol. The van der Waals surface area contributed by atoms with E-state index in [9.17, 15) is 19.2 Å². The first kappa shape index (κ1) is 26.9. The van der Waals surface area contributed by atoms with Gasteiger partial charge in [0, 0.05) is 6.54 Å². The van der Waals surface area contributed by atoms with E-state index in [0.717, 1.165) is 0 Å². The van der Waals surface area contributed by atoms with E-state index in [1.54, 1.807) is 41.5 Å². The number of nitrogens with one attached hydrogen (secondary N) is 3. The maximum Gasteiger partial charge on any atom is 0.414 e. The molecule has 1 unspecified atom stereocenters. The van der Waals surface area contributed by atoms with Crippen molar-refractivity contribution in [3.8, 4) is 0 Å². The van der Waals surface area contributed by atoms with Crippen LogP contribution in [0.15, 0.2) is 5.16 Å². The molecule has 13 heteroatoms. The minimum absolute atomic E-state index is 0.0720. The average Bonchev–Trinajstić information content (AvgIpc) is 2.90. The van der Waals surface area contributed by atoms with E-state index < -0.39 is 29.4 Å². The number of nitrogens with two attached hydrogens (primary N) is 1. The van der Waals surface area contributed by atoms with Crippen molar-refractivity contribution in [3.05, 3.63) is 0 Å². The molecule has 0 aromatic heterocycles. The maximum atomic E-state index is 12.0. The van der Waals surface area contributed by atoms with Crippen LogP contribution in [-0.4, -0.2) is 78.3 Å². The van der Waals surface area contributed by atoms with E-state index in [1.807, 2.05) is 0 Å². The molecule has 1 aliphatic heterocycles. The van der Waals surface area contributed by atoms with Crippen molar-refractivity contribution in [1.82, 2.24) is 20.9 Å². The molecule has 0 bridgehead atoms. The summed E-state index contributed by atoms with van der Waals surface area (Å²) in [6, 6.07) is -0.561. The second-order valence-corrected chi connectivity index (χ2v) is 9.03. The van der Waals surface area contributed by atoms with E-state index in [4.69, 9.17) is 20.0 Å². The molecule has 0 aliphatic carbocycles. The van der Waals surface area contributed by atoms with Crippen LogP contribution in [0.5, 0.6) is 0 Å². The van der Waals surface area contributed by atoms with Crippen molar-refractivity contribution >= 4 is 30.0 Å². The van der Waals surface area contributed by atoms with Crippen LogP contribution in [0.1, 0.15) is 48.0 Å². The van der Waals surface area contributed by atoms with Gasteiger partial charge in [0.1, 0.15) is 17.8 Å². The van der Waals surface area contributed by atoms with Gasteiger partial charge in [-0.05, 0) is 53.1 Å². The van der Waals surface area contributed by atoms with Gasteiger partial charge in [-0.15, -0.1) is 0 Å². The molecule has 4 amide bonds. The molecule has 1 rings (SSSR count). The number of hydrogen-bond acceptors (Lipinski definition) is 9. The SMILES string of the molecule is CC(C)(C)OC(=O)NC(=NOCCNC(=O)CN1CCC(N)C1=O)NC(=O)OC(C)(C)C. The van der Waals surface area contributed by atoms with Crippen LogP contribution in [0.25, 0.3) is 0 Å². The van der Waals surface area contributed by atoms with E-state index >= 15 is 0 Å². The number of carbonyl (C=O) groups excluding carboxylic acids is 4. The normalized spacial score (nSPS) is 16.2. The summed E-state index contributed by atoms with van der Waals surface area (Å²) >= 11 is 0. The zero-order chi connectivity index (χ0) is 24.5. The highest BCUT2D eigenvalue weighted by atomic mass is 16.6. The highest BCUT2D eigenvalue weighted by Crippen LogP contribution is 2.08. The van der Waals surface area contributed by atoms with Crippen LogP contribution in [0.3, 0.4) is 0 Å². The summed E-state index contributed by atoms with van der Waals surface area (Å²) in [5.74, 6) is -0.984. The van der Waals surface area contributed by atoms with Crippen molar-refractivity contribution in [1.29, 1.82) is 0 Å². The molecule has 1 saturated heterocycles. The maximum absolute atomic E-state index is 12.0. The van der Waals surface area contributed by atoms with Crippen LogP contribution >= 0.6 is 0 Å². The van der Waals surface area contributed by atoms with Gasteiger partial charge in [0.05, 0.1) is 19.1 Å². The molecule has 32 heavy (non-hydrogen) atoms. The van der Waals surface area contributed by atoms with Gasteiger partial charge in [-0.3, -0.25) is 20.2 Å². The molecule has 182 valence electrons. The number of nitrogens with zero attached hydrogens (tertiary/aromatic N) is 2. The second kappa shape index (κ2) is 11.5. The molecule has 1 atom stereocenters. The molecule has 0 saturated carbocycles. The number of hydrogen-bond donors (Lipinski definition) is 4. The zero-order valence-corrected chi connectivity index (χ0v) is 19.4. The zero-order valence-electron chi connectivity index (χ0n) is 19.4. The van der Waals surface area contributed by atoms with Gasteiger partial charge in [-0.2, -0.15) is 0 Å². The van der Waals surface area contributed by atoms with Crippen molar-refractivity contribution in [2.45, 2.75) is 65.2 Å². The number of guanidine groups is 1. The van der Waals surface area contributed by atoms with Gasteiger partial charge in [-0.1, -0.05) is 0 Å². The quantitative estimate of drug-likeness (QED) is 0.186. The first-order valence-corrected chi connectivity index (χ1v) is 10.2. The van der Waals surface area contributed by atoms with E-state index in [1.165, 1.54) is 4.90 Å². The van der Waals surface area contributed by atoms with Crippen molar-refractivity contribution in [3.63, 3.8) is 0 Å². The largest absolute Gasteiger partial charge is 0.444 e. The minimum atomic E-state index is -0.863. The van der Waals surface area contributed by atoms with Gasteiger partial charge >= 0.3 is 12.2 Å². The third-order valence-corrected chi connectivity index (χ3v) is 3.58. The summed E-state index contributed by atoms with van der Waals surface area (Å²) in [6.07, 6.45) is -1.21. The Kier molecular flexibility index (Phi) is 9.69. The van der Waals surface area contributed by atoms with E-state index in [2.05, 4.69) is 21.1 Å². The van der Waals surface area contributed by atoms with Crippen LogP contribution in [-0.2, 0) is 23.9 Å². The smallest absolute Gasteiger partial charge is 0.414 e. The predicted octanol–water partition coefficient (Wildman–Crippen LogP) is -0.000800. The lowest BCUT2D eigenvalue weighted by molar-refractivity contribution is -0.133. The van der Waals surface area contributed by atoms with Crippen LogP contribution < -0.4 is 21.7 Å². The molecule has 0 aromatic rings. The summed E-state index contributed by atoms with van der Waals surface area (Å²) in [7, 11) is 0. The molecule has 0 aromatic carbocycles. The monoisotopic (exact) mass is 458 g/mol. The standard InChI is InChI=1S/C19H34N6O7/c1-18(2,3)31-16(28)22-15(23-17(29)32-19(4,5)6)24-30-10-8-21-13(26)11-25-9-7-12(20)14(25)27/h12H,7-11,20H2,1-6H3,(H,21,26)(H2,22,23,24,28,29). The number of alkyl carbamates (subject to hydrolysis) is 2. The van der Waals surface area contributed by atoms with Crippen LogP contribution in [0, 0.1) is 0 Å². The Morgan fingerprint density at radius 1 is 1.06 bits per heavy atom. The Balaban J connectivity index is 2.53. The van der Waals surface area contributed by atoms with Gasteiger partial charge in [0.15, 0.2) is 0 Å². The second-order valence-electron chi connectivity index (χ2n) is 9.03. The predicted molar refractivity (Wildman–Crippen MR) is 114 cm³/mol. The number of amides is 4. The lowest BCUT2D eigenvalue weighted by Crippen LogP contribution is -2.47. The average molecular weight is 459 g/mol. The molecular formula is C19H34N6O7. The fourth-order valence-electron chi connectivity index (χ4n) is 2.37. The molecule has 0 spiro atoms. The highest BCUT2D eigenvalue weighted by molar-refractivity contribution is 6.01. The fraction of sp³-hybridized carbons (Fsp3) is 0.737. The summed E-state index contributed by atoms with van der Waals surface area (Å²) < 4.78 is 10.2. The first-order valence-electron chi connectivity index (χ1n) is 10.2. The lowest BCUT2D eigenvalue weighted by Gasteiger charge is -2.21. The minimum Gasteiger partial charge on any atom is -0.444 e. The van der Waals surface area contributed by atoms with E-state index in [-0.39, 0.29) is 37.5 Å². The number of likely N-dealkylation sites (tertiary alicyclic amines) is 1. The Bertz CT molecular complexity index is 695. The number of oxime groups is 1. The van der Waals surface area contributed by atoms with Crippen molar-refractivity contribution in [2.24, 2.45) is 10.9 Å². The molecule has 1 fully saturated rings. The van der Waals surface area contributed by atoms with Gasteiger partial charge in [-0.25, -0.2) is 9.59 Å². The molecule has 5 N–H and O–H groups in total. The molecule has 13 nitrogen and oxygen atoms in total. The Morgan fingerprint density at radius 3 is 2.03 bits per heavy atom. The van der Waals surface area contributed by atoms with Crippen LogP contribution in [0.4, 0.5) is 9.59 Å². The number of rotatable bonds is 6. The van der Waals surface area contributed by atoms with E-state index in [0.29, 0.717) is 13.0 Å². The third-order valence-electron chi connectivity index (χ3n) is 3.58. The van der Waals surface area contributed by atoms with Crippen molar-refractivity contribution in [2.75, 3.05) is 26.2 Å². The van der Waals surface area contributed by atoms with Gasteiger partial charge in [0.25, 0.3) is 5.96 Å². The highest BCUT2D eigenvalue weighted by Gasteiger charge is 2.29. The Hall–Kier alpha value is -3.09. The van der Waals surface area contributed by atoms with Crippen molar-refractivity contribution < 1.29 is 33.5 Å². The summed E-state index contributed by atoms with van der Waals surface area (Å²) in [4.78, 5) is 54.0. The molecule has 1 aliphatic rings. The third kappa shape index (κ3) is 11.3. The topological polar surface area (TPSA) is 174 Å². The molecule has 1 heterocycles. The number of ether oxygens (including phenoxy) is 2. The Morgan fingerprint density at radius 2 is 1.59 bits per heavy atom.